The molecule has 1 N–H and O–H groups in total. The zero-order valence-corrected chi connectivity index (χ0v) is 7.39. The monoisotopic (exact) mass is 160 g/mol. The highest BCUT2D eigenvalue weighted by Crippen LogP contribution is 2.16. The van der Waals surface area contributed by atoms with Crippen LogP contribution in [0.1, 0.15) is 16.7 Å². The summed E-state index contributed by atoms with van der Waals surface area (Å²) in [7, 11) is 1.82. The van der Waals surface area contributed by atoms with Gasteiger partial charge in [-0.15, -0.1) is 0 Å². The van der Waals surface area contributed by atoms with Crippen LogP contribution in [0.5, 0.6) is 0 Å². The van der Waals surface area contributed by atoms with E-state index >= 15 is 0 Å². The van der Waals surface area contributed by atoms with Gasteiger partial charge in [0.2, 0.25) is 0 Å². The maximum Gasteiger partial charge on any atom is 0.128 e. The van der Waals surface area contributed by atoms with Gasteiger partial charge in [0.25, 0.3) is 0 Å². The molecule has 0 saturated heterocycles. The van der Waals surface area contributed by atoms with Crippen LogP contribution in [0.25, 0.3) is 0 Å². The first-order valence-electron chi connectivity index (χ1n) is 4.12. The van der Waals surface area contributed by atoms with Crippen LogP contribution < -0.4 is 5.32 Å². The van der Waals surface area contributed by atoms with Crippen molar-refractivity contribution in [3.05, 3.63) is 34.9 Å². The van der Waals surface area contributed by atoms with Crippen LogP contribution in [-0.2, 0) is 6.54 Å². The van der Waals surface area contributed by atoms with E-state index in [1.807, 2.05) is 7.05 Å². The van der Waals surface area contributed by atoms with Crippen LogP contribution in [0.15, 0.2) is 23.2 Å². The topological polar surface area (TPSA) is 24.4 Å². The lowest BCUT2D eigenvalue weighted by atomic mass is 10.1. The van der Waals surface area contributed by atoms with Gasteiger partial charge in [-0.05, 0) is 18.6 Å². The first-order chi connectivity index (χ1) is 5.81. The van der Waals surface area contributed by atoms with Crippen molar-refractivity contribution in [1.29, 1.82) is 0 Å². The summed E-state index contributed by atoms with van der Waals surface area (Å²) in [6.07, 6.45) is 0. The minimum absolute atomic E-state index is 0.919. The Morgan fingerprint density at radius 1 is 1.42 bits per heavy atom. The van der Waals surface area contributed by atoms with Gasteiger partial charge in [-0.1, -0.05) is 17.7 Å². The predicted octanol–water partition coefficient (Wildman–Crippen LogP) is 1.47. The van der Waals surface area contributed by atoms with E-state index in [2.05, 4.69) is 35.4 Å². The minimum Gasteiger partial charge on any atom is -0.366 e. The summed E-state index contributed by atoms with van der Waals surface area (Å²) in [5, 5.41) is 3.25. The SMILES string of the molecule is CN=C1NCc2ccc(C)cc21. The van der Waals surface area contributed by atoms with Crippen LogP contribution in [0, 0.1) is 6.92 Å². The molecular formula is C10H12N2. The third-order valence-electron chi connectivity index (χ3n) is 2.19. The van der Waals surface area contributed by atoms with Crippen molar-refractivity contribution in [3.8, 4) is 0 Å². The van der Waals surface area contributed by atoms with E-state index in [1.54, 1.807) is 0 Å². The van der Waals surface area contributed by atoms with Gasteiger partial charge in [-0.25, -0.2) is 0 Å². The Morgan fingerprint density at radius 3 is 3.00 bits per heavy atom. The van der Waals surface area contributed by atoms with Crippen LogP contribution in [0.2, 0.25) is 0 Å². The van der Waals surface area contributed by atoms with Gasteiger partial charge < -0.3 is 5.32 Å². The number of nitrogens with zero attached hydrogens (tertiary/aromatic N) is 1. The summed E-state index contributed by atoms with van der Waals surface area (Å²) in [5.74, 6) is 1.02. The number of aryl methyl sites for hydroxylation is 1. The summed E-state index contributed by atoms with van der Waals surface area (Å²) in [6, 6.07) is 6.48. The second-order valence-corrected chi connectivity index (χ2v) is 3.09. The third-order valence-corrected chi connectivity index (χ3v) is 2.19. The molecule has 1 aliphatic rings. The molecule has 0 aromatic heterocycles. The number of hydrogen-bond acceptors (Lipinski definition) is 1. The normalized spacial score (nSPS) is 17.7. The lowest BCUT2D eigenvalue weighted by Gasteiger charge is -1.98. The van der Waals surface area contributed by atoms with Gasteiger partial charge in [0, 0.05) is 19.2 Å². The molecule has 1 aliphatic heterocycles. The van der Waals surface area contributed by atoms with Gasteiger partial charge in [0.15, 0.2) is 0 Å². The molecule has 1 heterocycles. The maximum atomic E-state index is 4.18. The average Bonchev–Trinajstić information content (AvgIpc) is 2.46. The number of nitrogens with one attached hydrogen (secondary N) is 1. The molecular weight excluding hydrogens is 148 g/mol. The van der Waals surface area contributed by atoms with E-state index in [4.69, 9.17) is 0 Å². The lowest BCUT2D eigenvalue weighted by Crippen LogP contribution is -2.14. The lowest BCUT2D eigenvalue weighted by molar-refractivity contribution is 0.959. The fourth-order valence-corrected chi connectivity index (χ4v) is 1.54. The van der Waals surface area contributed by atoms with Crippen molar-refractivity contribution in [3.63, 3.8) is 0 Å². The van der Waals surface area contributed by atoms with Gasteiger partial charge in [0.1, 0.15) is 5.84 Å². The predicted molar refractivity (Wildman–Crippen MR) is 50.5 cm³/mol. The zero-order chi connectivity index (χ0) is 8.55. The summed E-state index contributed by atoms with van der Waals surface area (Å²) in [5.41, 5.74) is 3.90. The van der Waals surface area contributed by atoms with Crippen molar-refractivity contribution in [2.75, 3.05) is 7.05 Å². The Morgan fingerprint density at radius 2 is 2.25 bits per heavy atom. The van der Waals surface area contributed by atoms with Crippen LogP contribution >= 0.6 is 0 Å². The van der Waals surface area contributed by atoms with E-state index in [0.29, 0.717) is 0 Å². The van der Waals surface area contributed by atoms with Gasteiger partial charge in [0.05, 0.1) is 0 Å². The number of hydrogen-bond donors (Lipinski definition) is 1. The molecule has 0 spiro atoms. The summed E-state index contributed by atoms with van der Waals surface area (Å²) >= 11 is 0. The average molecular weight is 160 g/mol. The molecule has 1 aromatic carbocycles. The Labute approximate surface area is 72.3 Å². The molecule has 1 aromatic rings. The molecule has 0 atom stereocenters. The molecule has 62 valence electrons. The number of amidine groups is 1. The highest BCUT2D eigenvalue weighted by atomic mass is 15.0. The van der Waals surface area contributed by atoms with Crippen LogP contribution in [0.3, 0.4) is 0 Å². The summed E-state index contributed by atoms with van der Waals surface area (Å²) in [4.78, 5) is 4.18. The Kier molecular flexibility index (Phi) is 1.61. The molecule has 0 fully saturated rings. The minimum atomic E-state index is 0.919. The summed E-state index contributed by atoms with van der Waals surface area (Å²) in [6.45, 7) is 3.02. The number of fused-ring (bicyclic) bond motifs is 1. The fourth-order valence-electron chi connectivity index (χ4n) is 1.54. The van der Waals surface area contributed by atoms with Crippen LogP contribution in [0.4, 0.5) is 0 Å². The van der Waals surface area contributed by atoms with Gasteiger partial charge >= 0.3 is 0 Å². The number of benzene rings is 1. The van der Waals surface area contributed by atoms with E-state index in [-0.39, 0.29) is 0 Å². The molecule has 0 aliphatic carbocycles. The molecule has 2 nitrogen and oxygen atoms in total. The maximum absolute atomic E-state index is 4.18. The molecule has 2 rings (SSSR count). The first-order valence-corrected chi connectivity index (χ1v) is 4.12. The molecule has 0 bridgehead atoms. The molecule has 0 saturated carbocycles. The molecule has 2 heteroatoms. The Bertz CT molecular complexity index is 340. The highest BCUT2D eigenvalue weighted by molar-refractivity contribution is 6.02. The van der Waals surface area contributed by atoms with Crippen molar-refractivity contribution in [1.82, 2.24) is 5.32 Å². The van der Waals surface area contributed by atoms with Crippen molar-refractivity contribution in [2.24, 2.45) is 4.99 Å². The van der Waals surface area contributed by atoms with Crippen molar-refractivity contribution < 1.29 is 0 Å². The number of aliphatic imine (C=N–C) groups is 1. The third kappa shape index (κ3) is 0.998. The Hall–Kier alpha value is -1.31. The van der Waals surface area contributed by atoms with E-state index < -0.39 is 0 Å². The van der Waals surface area contributed by atoms with Crippen molar-refractivity contribution in [2.45, 2.75) is 13.5 Å². The van der Waals surface area contributed by atoms with Gasteiger partial charge in [-0.3, -0.25) is 4.99 Å². The van der Waals surface area contributed by atoms with Crippen molar-refractivity contribution >= 4 is 5.84 Å². The fraction of sp³-hybridized carbons (Fsp3) is 0.300. The standard InChI is InChI=1S/C10H12N2/c1-7-3-4-8-6-12-10(11-2)9(8)5-7/h3-5H,6H2,1-2H3,(H,11,12). The largest absolute Gasteiger partial charge is 0.366 e. The van der Waals surface area contributed by atoms with Gasteiger partial charge in [-0.2, -0.15) is 0 Å². The first kappa shape index (κ1) is 7.35. The second kappa shape index (κ2) is 2.63. The zero-order valence-electron chi connectivity index (χ0n) is 7.39. The highest BCUT2D eigenvalue weighted by Gasteiger charge is 2.15. The Balaban J connectivity index is 2.57. The van der Waals surface area contributed by atoms with E-state index in [1.165, 1.54) is 16.7 Å². The second-order valence-electron chi connectivity index (χ2n) is 3.09. The van der Waals surface area contributed by atoms with E-state index in [9.17, 15) is 0 Å². The molecule has 0 amide bonds. The molecule has 0 unspecified atom stereocenters. The number of rotatable bonds is 0. The van der Waals surface area contributed by atoms with E-state index in [0.717, 1.165) is 12.4 Å². The quantitative estimate of drug-likeness (QED) is 0.610. The van der Waals surface area contributed by atoms with Crippen LogP contribution in [-0.4, -0.2) is 12.9 Å². The molecule has 12 heavy (non-hydrogen) atoms. The molecule has 0 radical (unpaired) electrons. The summed E-state index contributed by atoms with van der Waals surface area (Å²) < 4.78 is 0. The smallest absolute Gasteiger partial charge is 0.128 e.